The van der Waals surface area contributed by atoms with Gasteiger partial charge < -0.3 is 9.30 Å². The Kier molecular flexibility index (Phi) is 3.88. The van der Waals surface area contributed by atoms with Crippen LogP contribution in [0.4, 0.5) is 0 Å². The van der Waals surface area contributed by atoms with Crippen molar-refractivity contribution in [2.45, 2.75) is 13.3 Å². The summed E-state index contributed by atoms with van der Waals surface area (Å²) in [5.74, 6) is 6.77. The average molecular weight is 225 g/mol. The topological polar surface area (TPSA) is 14.2 Å². The standard InChI is InChI=1S/C15H15NO/c1-2-3-6-13-17-15-9-7-14(8-10-15)16-11-4-5-12-16/h4-5,7-12H,2,13H2,1H3. The number of ether oxygens (including phenoxy) is 1. The van der Waals surface area contributed by atoms with Gasteiger partial charge in [-0.05, 0) is 36.4 Å². The molecule has 0 N–H and O–H groups in total. The Bertz CT molecular complexity index is 500. The maximum atomic E-state index is 5.50. The third kappa shape index (κ3) is 3.15. The molecule has 0 fully saturated rings. The average Bonchev–Trinajstić information content (AvgIpc) is 2.89. The van der Waals surface area contributed by atoms with Gasteiger partial charge in [0.2, 0.25) is 0 Å². The SMILES string of the molecule is CCC#CCOc1ccc(-n2cccc2)cc1. The van der Waals surface area contributed by atoms with E-state index < -0.39 is 0 Å². The summed E-state index contributed by atoms with van der Waals surface area (Å²) in [4.78, 5) is 0. The molecule has 0 aliphatic carbocycles. The van der Waals surface area contributed by atoms with Crippen LogP contribution in [0.3, 0.4) is 0 Å². The van der Waals surface area contributed by atoms with Crippen molar-refractivity contribution in [2.24, 2.45) is 0 Å². The number of rotatable bonds is 3. The second-order valence-corrected chi connectivity index (χ2v) is 3.58. The number of benzene rings is 1. The van der Waals surface area contributed by atoms with E-state index in [0.717, 1.165) is 17.9 Å². The van der Waals surface area contributed by atoms with Crippen LogP contribution in [0, 0.1) is 11.8 Å². The van der Waals surface area contributed by atoms with E-state index in [4.69, 9.17) is 4.74 Å². The first-order valence-corrected chi connectivity index (χ1v) is 5.72. The van der Waals surface area contributed by atoms with Crippen molar-refractivity contribution in [3.8, 4) is 23.3 Å². The minimum atomic E-state index is 0.455. The summed E-state index contributed by atoms with van der Waals surface area (Å²) in [5, 5.41) is 0. The fourth-order valence-corrected chi connectivity index (χ4v) is 1.52. The van der Waals surface area contributed by atoms with E-state index in [-0.39, 0.29) is 0 Å². The number of hydrogen-bond acceptors (Lipinski definition) is 1. The van der Waals surface area contributed by atoms with Crippen molar-refractivity contribution in [3.63, 3.8) is 0 Å². The van der Waals surface area contributed by atoms with E-state index in [1.54, 1.807) is 0 Å². The lowest BCUT2D eigenvalue weighted by atomic mass is 10.3. The van der Waals surface area contributed by atoms with E-state index in [2.05, 4.69) is 16.4 Å². The van der Waals surface area contributed by atoms with Crippen molar-refractivity contribution in [2.75, 3.05) is 6.61 Å². The zero-order valence-electron chi connectivity index (χ0n) is 9.89. The highest BCUT2D eigenvalue weighted by Gasteiger charge is 1.95. The fourth-order valence-electron chi connectivity index (χ4n) is 1.52. The van der Waals surface area contributed by atoms with Gasteiger partial charge in [0.15, 0.2) is 0 Å². The molecule has 0 bridgehead atoms. The smallest absolute Gasteiger partial charge is 0.149 e. The van der Waals surface area contributed by atoms with Crippen LogP contribution < -0.4 is 4.74 Å². The highest BCUT2D eigenvalue weighted by molar-refractivity contribution is 5.37. The van der Waals surface area contributed by atoms with Gasteiger partial charge in [0.1, 0.15) is 12.4 Å². The number of aromatic nitrogens is 1. The molecule has 17 heavy (non-hydrogen) atoms. The lowest BCUT2D eigenvalue weighted by Crippen LogP contribution is -1.94. The molecule has 0 radical (unpaired) electrons. The van der Waals surface area contributed by atoms with Gasteiger partial charge in [-0.2, -0.15) is 0 Å². The number of nitrogens with zero attached hydrogens (tertiary/aromatic N) is 1. The first-order valence-electron chi connectivity index (χ1n) is 5.72. The van der Waals surface area contributed by atoms with Crippen molar-refractivity contribution >= 4 is 0 Å². The molecule has 0 saturated carbocycles. The Hall–Kier alpha value is -2.14. The zero-order valence-corrected chi connectivity index (χ0v) is 9.89. The van der Waals surface area contributed by atoms with Crippen LogP contribution in [0.25, 0.3) is 5.69 Å². The fraction of sp³-hybridized carbons (Fsp3) is 0.200. The largest absolute Gasteiger partial charge is 0.481 e. The summed E-state index contributed by atoms with van der Waals surface area (Å²) in [6.07, 6.45) is 4.90. The summed E-state index contributed by atoms with van der Waals surface area (Å²) in [6.45, 7) is 2.48. The summed E-state index contributed by atoms with van der Waals surface area (Å²) < 4.78 is 7.55. The van der Waals surface area contributed by atoms with Crippen molar-refractivity contribution in [1.82, 2.24) is 4.57 Å². The molecule has 0 aliphatic heterocycles. The van der Waals surface area contributed by atoms with Crippen LogP contribution in [0.5, 0.6) is 5.75 Å². The van der Waals surface area contributed by atoms with E-state index in [1.807, 2.05) is 55.7 Å². The molecular formula is C15H15NO. The molecule has 1 heterocycles. The monoisotopic (exact) mass is 225 g/mol. The van der Waals surface area contributed by atoms with Crippen LogP contribution in [0.1, 0.15) is 13.3 Å². The molecule has 2 nitrogen and oxygen atoms in total. The predicted molar refractivity (Wildman–Crippen MR) is 69.3 cm³/mol. The lowest BCUT2D eigenvalue weighted by Gasteiger charge is -2.05. The number of hydrogen-bond donors (Lipinski definition) is 0. The van der Waals surface area contributed by atoms with Crippen molar-refractivity contribution < 1.29 is 4.74 Å². The minimum Gasteiger partial charge on any atom is -0.481 e. The quantitative estimate of drug-likeness (QED) is 0.731. The van der Waals surface area contributed by atoms with Crippen LogP contribution in [0.15, 0.2) is 48.8 Å². The molecule has 2 aromatic rings. The van der Waals surface area contributed by atoms with Gasteiger partial charge in [-0.15, -0.1) is 5.92 Å². The Morgan fingerprint density at radius 3 is 2.41 bits per heavy atom. The third-order valence-electron chi connectivity index (χ3n) is 2.35. The highest BCUT2D eigenvalue weighted by Crippen LogP contribution is 2.15. The Morgan fingerprint density at radius 2 is 1.76 bits per heavy atom. The molecule has 0 saturated heterocycles. The maximum Gasteiger partial charge on any atom is 0.149 e. The van der Waals surface area contributed by atoms with E-state index in [1.165, 1.54) is 0 Å². The van der Waals surface area contributed by atoms with E-state index in [0.29, 0.717) is 6.61 Å². The highest BCUT2D eigenvalue weighted by atomic mass is 16.5. The van der Waals surface area contributed by atoms with Gasteiger partial charge >= 0.3 is 0 Å². The lowest BCUT2D eigenvalue weighted by molar-refractivity contribution is 0.370. The summed E-state index contributed by atoms with van der Waals surface area (Å²) >= 11 is 0. The molecule has 1 aromatic heterocycles. The Balaban J connectivity index is 1.99. The molecule has 0 atom stereocenters. The molecule has 1 aromatic carbocycles. The Labute approximate surface area is 102 Å². The van der Waals surface area contributed by atoms with E-state index >= 15 is 0 Å². The van der Waals surface area contributed by atoms with Crippen LogP contribution in [-0.2, 0) is 0 Å². The Morgan fingerprint density at radius 1 is 1.06 bits per heavy atom. The summed E-state index contributed by atoms with van der Waals surface area (Å²) in [5.41, 5.74) is 1.13. The van der Waals surface area contributed by atoms with Crippen LogP contribution >= 0.6 is 0 Å². The summed E-state index contributed by atoms with van der Waals surface area (Å²) in [6, 6.07) is 12.0. The van der Waals surface area contributed by atoms with Gasteiger partial charge in [-0.3, -0.25) is 0 Å². The molecular weight excluding hydrogens is 210 g/mol. The second-order valence-electron chi connectivity index (χ2n) is 3.58. The van der Waals surface area contributed by atoms with Gasteiger partial charge in [-0.25, -0.2) is 0 Å². The normalized spacial score (nSPS) is 9.47. The first kappa shape index (κ1) is 11.3. The molecule has 86 valence electrons. The van der Waals surface area contributed by atoms with Crippen molar-refractivity contribution in [3.05, 3.63) is 48.8 Å². The van der Waals surface area contributed by atoms with Crippen LogP contribution in [0.2, 0.25) is 0 Å². The van der Waals surface area contributed by atoms with Gasteiger partial charge in [0, 0.05) is 24.5 Å². The summed E-state index contributed by atoms with van der Waals surface area (Å²) in [7, 11) is 0. The molecule has 0 unspecified atom stereocenters. The molecule has 2 rings (SSSR count). The van der Waals surface area contributed by atoms with Crippen molar-refractivity contribution in [1.29, 1.82) is 0 Å². The third-order valence-corrected chi connectivity index (χ3v) is 2.35. The first-order chi connectivity index (χ1) is 8.40. The van der Waals surface area contributed by atoms with Gasteiger partial charge in [0.25, 0.3) is 0 Å². The zero-order chi connectivity index (χ0) is 11.9. The molecule has 0 aliphatic rings. The molecule has 2 heteroatoms. The van der Waals surface area contributed by atoms with Crippen LogP contribution in [-0.4, -0.2) is 11.2 Å². The molecule has 0 spiro atoms. The minimum absolute atomic E-state index is 0.455. The molecule has 0 amide bonds. The van der Waals surface area contributed by atoms with Gasteiger partial charge in [-0.1, -0.05) is 12.8 Å². The van der Waals surface area contributed by atoms with Gasteiger partial charge in [0.05, 0.1) is 0 Å². The van der Waals surface area contributed by atoms with E-state index in [9.17, 15) is 0 Å². The second kappa shape index (κ2) is 5.81. The predicted octanol–water partition coefficient (Wildman–Crippen LogP) is 3.27. The maximum absolute atomic E-state index is 5.50.